The van der Waals surface area contributed by atoms with Gasteiger partial charge in [0.2, 0.25) is 0 Å². The second-order valence-corrected chi connectivity index (χ2v) is 7.88. The molecule has 1 aliphatic heterocycles. The van der Waals surface area contributed by atoms with E-state index in [0.717, 1.165) is 5.69 Å². The Morgan fingerprint density at radius 3 is 2.69 bits per heavy atom. The minimum atomic E-state index is -0.865. The van der Waals surface area contributed by atoms with Crippen LogP contribution in [-0.2, 0) is 14.3 Å². The molecule has 2 heterocycles. The zero-order valence-corrected chi connectivity index (χ0v) is 15.8. The number of rotatable bonds is 2. The molecule has 1 fully saturated rings. The van der Waals surface area contributed by atoms with Gasteiger partial charge in [0.25, 0.3) is 5.91 Å². The fourth-order valence-corrected chi connectivity index (χ4v) is 2.94. The molecule has 1 saturated heterocycles. The van der Waals surface area contributed by atoms with Crippen LogP contribution in [-0.4, -0.2) is 41.2 Å². The Balaban J connectivity index is 2.04. The molecule has 6 heteroatoms. The summed E-state index contributed by atoms with van der Waals surface area (Å²) in [7, 11) is 0. The molecule has 0 atom stereocenters. The van der Waals surface area contributed by atoms with Crippen LogP contribution in [0.1, 0.15) is 45.0 Å². The van der Waals surface area contributed by atoms with E-state index in [0.29, 0.717) is 29.6 Å². The van der Waals surface area contributed by atoms with Crippen LogP contribution in [0.15, 0.2) is 30.5 Å². The zero-order valence-electron chi connectivity index (χ0n) is 15.8. The van der Waals surface area contributed by atoms with E-state index >= 15 is 0 Å². The number of hydrogen-bond acceptors (Lipinski definition) is 5. The second-order valence-electron chi connectivity index (χ2n) is 7.88. The van der Waals surface area contributed by atoms with Crippen molar-refractivity contribution in [3.05, 3.63) is 36.0 Å². The van der Waals surface area contributed by atoms with Crippen LogP contribution < -0.4 is 4.90 Å². The third-order valence-corrected chi connectivity index (χ3v) is 4.19. The first-order valence-corrected chi connectivity index (χ1v) is 8.66. The van der Waals surface area contributed by atoms with E-state index in [1.165, 1.54) is 0 Å². The number of carbonyl (C=O) groups excluding carboxylic acids is 2. The molecule has 0 radical (unpaired) electrons. The molecule has 0 bridgehead atoms. The molecule has 0 aliphatic carbocycles. The summed E-state index contributed by atoms with van der Waals surface area (Å²) in [5, 5.41) is 0.663. The summed E-state index contributed by atoms with van der Waals surface area (Å²) in [6, 6.07) is 7.12. The quantitative estimate of drug-likeness (QED) is 0.772. The van der Waals surface area contributed by atoms with Crippen LogP contribution in [0.2, 0.25) is 0 Å². The Hall–Kier alpha value is -2.47. The van der Waals surface area contributed by atoms with Crippen molar-refractivity contribution >= 4 is 28.5 Å². The molecule has 1 aromatic heterocycles. The van der Waals surface area contributed by atoms with Gasteiger partial charge in [-0.2, -0.15) is 0 Å². The smallest absolute Gasteiger partial charge is 0.339 e. The van der Waals surface area contributed by atoms with Crippen LogP contribution in [0.3, 0.4) is 0 Å². The monoisotopic (exact) mass is 356 g/mol. The third-order valence-electron chi connectivity index (χ3n) is 4.19. The standard InChI is InChI=1S/C20H24N2O4/c1-19(2,3)26-17(23)14-8-9-21-16-7-6-13(12-15(14)16)22-10-11-25-20(4,5)18(22)24/h6-9,12H,10-11H2,1-5H3. The predicted octanol–water partition coefficient (Wildman–Crippen LogP) is 3.33. The van der Waals surface area contributed by atoms with Gasteiger partial charge in [0.15, 0.2) is 0 Å². The van der Waals surface area contributed by atoms with Gasteiger partial charge >= 0.3 is 5.97 Å². The van der Waals surface area contributed by atoms with E-state index < -0.39 is 17.2 Å². The van der Waals surface area contributed by atoms with Gasteiger partial charge in [-0.15, -0.1) is 0 Å². The van der Waals surface area contributed by atoms with E-state index in [4.69, 9.17) is 9.47 Å². The molecule has 2 aromatic rings. The van der Waals surface area contributed by atoms with Gasteiger partial charge in [-0.3, -0.25) is 9.78 Å². The lowest BCUT2D eigenvalue weighted by Gasteiger charge is -2.37. The normalized spacial score (nSPS) is 17.4. The predicted molar refractivity (Wildman–Crippen MR) is 99.3 cm³/mol. The lowest BCUT2D eigenvalue weighted by Crippen LogP contribution is -2.53. The fourth-order valence-electron chi connectivity index (χ4n) is 2.94. The number of anilines is 1. The molecule has 0 spiro atoms. The summed E-state index contributed by atoms with van der Waals surface area (Å²) in [5.41, 5.74) is 0.380. The maximum Gasteiger partial charge on any atom is 0.339 e. The van der Waals surface area contributed by atoms with Gasteiger partial charge in [0.1, 0.15) is 11.2 Å². The number of nitrogens with zero attached hydrogens (tertiary/aromatic N) is 2. The maximum absolute atomic E-state index is 12.7. The van der Waals surface area contributed by atoms with Gasteiger partial charge in [-0.25, -0.2) is 4.79 Å². The van der Waals surface area contributed by atoms with Crippen molar-refractivity contribution in [2.45, 2.75) is 45.8 Å². The Morgan fingerprint density at radius 2 is 2.00 bits per heavy atom. The first-order chi connectivity index (χ1) is 12.1. The number of aromatic nitrogens is 1. The molecule has 6 nitrogen and oxygen atoms in total. The summed E-state index contributed by atoms with van der Waals surface area (Å²) in [6.07, 6.45) is 1.59. The van der Waals surface area contributed by atoms with Crippen LogP contribution in [0.4, 0.5) is 5.69 Å². The minimum absolute atomic E-state index is 0.106. The summed E-state index contributed by atoms with van der Waals surface area (Å²) in [6.45, 7) is 9.93. The van der Waals surface area contributed by atoms with E-state index in [-0.39, 0.29) is 5.91 Å². The number of ether oxygens (including phenoxy) is 2. The van der Waals surface area contributed by atoms with E-state index in [9.17, 15) is 9.59 Å². The molecule has 1 amide bonds. The van der Waals surface area contributed by atoms with E-state index in [1.807, 2.05) is 39.0 Å². The van der Waals surface area contributed by atoms with Crippen LogP contribution in [0.5, 0.6) is 0 Å². The average molecular weight is 356 g/mol. The highest BCUT2D eigenvalue weighted by Crippen LogP contribution is 2.29. The fraction of sp³-hybridized carbons (Fsp3) is 0.450. The first-order valence-electron chi connectivity index (χ1n) is 8.66. The molecule has 0 unspecified atom stereocenters. The highest BCUT2D eigenvalue weighted by atomic mass is 16.6. The average Bonchev–Trinajstić information content (AvgIpc) is 2.54. The van der Waals surface area contributed by atoms with E-state index in [1.54, 1.807) is 31.0 Å². The lowest BCUT2D eigenvalue weighted by atomic mass is 10.0. The summed E-state index contributed by atoms with van der Waals surface area (Å²) < 4.78 is 11.1. The number of fused-ring (bicyclic) bond motifs is 1. The Morgan fingerprint density at radius 1 is 1.27 bits per heavy atom. The number of esters is 1. The summed E-state index contributed by atoms with van der Waals surface area (Å²) in [5.74, 6) is -0.513. The minimum Gasteiger partial charge on any atom is -0.456 e. The highest BCUT2D eigenvalue weighted by Gasteiger charge is 2.37. The van der Waals surface area contributed by atoms with Gasteiger partial charge in [-0.1, -0.05) is 0 Å². The Kier molecular flexibility index (Phi) is 4.48. The Bertz CT molecular complexity index is 868. The van der Waals surface area contributed by atoms with Crippen molar-refractivity contribution in [2.24, 2.45) is 0 Å². The van der Waals surface area contributed by atoms with Crippen LogP contribution >= 0.6 is 0 Å². The number of pyridine rings is 1. The number of carbonyl (C=O) groups is 2. The second kappa shape index (κ2) is 6.36. The van der Waals surface area contributed by atoms with Crippen molar-refractivity contribution in [2.75, 3.05) is 18.1 Å². The number of amides is 1. The van der Waals surface area contributed by atoms with Gasteiger partial charge in [0.05, 0.1) is 17.7 Å². The number of morpholine rings is 1. The molecular weight excluding hydrogens is 332 g/mol. The molecule has 3 rings (SSSR count). The zero-order chi connectivity index (χ0) is 19.1. The molecule has 1 aliphatic rings. The van der Waals surface area contributed by atoms with Crippen LogP contribution in [0, 0.1) is 0 Å². The van der Waals surface area contributed by atoms with Crippen molar-refractivity contribution in [1.82, 2.24) is 4.98 Å². The van der Waals surface area contributed by atoms with Gasteiger partial charge < -0.3 is 14.4 Å². The van der Waals surface area contributed by atoms with Crippen molar-refractivity contribution in [1.29, 1.82) is 0 Å². The molecule has 26 heavy (non-hydrogen) atoms. The van der Waals surface area contributed by atoms with Crippen molar-refractivity contribution < 1.29 is 19.1 Å². The number of hydrogen-bond donors (Lipinski definition) is 0. The summed E-state index contributed by atoms with van der Waals surface area (Å²) >= 11 is 0. The van der Waals surface area contributed by atoms with Crippen LogP contribution in [0.25, 0.3) is 10.9 Å². The third kappa shape index (κ3) is 3.55. The number of benzene rings is 1. The summed E-state index contributed by atoms with van der Waals surface area (Å²) in [4.78, 5) is 31.3. The van der Waals surface area contributed by atoms with Crippen molar-refractivity contribution in [3.8, 4) is 0 Å². The maximum atomic E-state index is 12.7. The topological polar surface area (TPSA) is 68.7 Å². The van der Waals surface area contributed by atoms with Crippen molar-refractivity contribution in [3.63, 3.8) is 0 Å². The highest BCUT2D eigenvalue weighted by molar-refractivity contribution is 6.06. The van der Waals surface area contributed by atoms with Gasteiger partial charge in [0, 0.05) is 23.8 Å². The van der Waals surface area contributed by atoms with Gasteiger partial charge in [-0.05, 0) is 58.9 Å². The molecule has 1 aromatic carbocycles. The molecular formula is C20H24N2O4. The van der Waals surface area contributed by atoms with E-state index in [2.05, 4.69) is 4.98 Å². The Labute approximate surface area is 153 Å². The lowest BCUT2D eigenvalue weighted by molar-refractivity contribution is -0.144. The molecule has 0 saturated carbocycles. The molecule has 138 valence electrons. The largest absolute Gasteiger partial charge is 0.456 e. The molecule has 0 N–H and O–H groups in total. The first kappa shape index (κ1) is 18.3. The SMILES string of the molecule is CC(C)(C)OC(=O)c1ccnc2ccc(N3CCOC(C)(C)C3=O)cc12.